The summed E-state index contributed by atoms with van der Waals surface area (Å²) in [4.78, 5) is 26.3. The second-order valence-corrected chi connectivity index (χ2v) is 6.20. The smallest absolute Gasteiger partial charge is 0.225 e. The largest absolute Gasteiger partial charge is 0.355 e. The summed E-state index contributed by atoms with van der Waals surface area (Å²) in [5, 5.41) is 6.24. The van der Waals surface area contributed by atoms with Crippen molar-refractivity contribution in [1.82, 2.24) is 15.5 Å². The molecule has 0 aromatic heterocycles. The van der Waals surface area contributed by atoms with E-state index in [-0.39, 0.29) is 23.7 Å². The van der Waals surface area contributed by atoms with Crippen molar-refractivity contribution in [3.63, 3.8) is 0 Å². The Hall–Kier alpha value is -1.10. The molecule has 2 aliphatic rings. The van der Waals surface area contributed by atoms with E-state index in [0.717, 1.165) is 45.4 Å². The molecule has 2 heterocycles. The number of rotatable bonds is 5. The van der Waals surface area contributed by atoms with Crippen molar-refractivity contribution in [1.29, 1.82) is 0 Å². The maximum Gasteiger partial charge on any atom is 0.225 e. The van der Waals surface area contributed by atoms with Crippen LogP contribution in [0.25, 0.3) is 0 Å². The van der Waals surface area contributed by atoms with E-state index in [1.54, 1.807) is 0 Å². The fourth-order valence-electron chi connectivity index (χ4n) is 2.76. The topological polar surface area (TPSA) is 61.4 Å². The van der Waals surface area contributed by atoms with Gasteiger partial charge in [0.15, 0.2) is 0 Å². The number of amides is 2. The van der Waals surface area contributed by atoms with Gasteiger partial charge in [0.2, 0.25) is 11.8 Å². The number of piperidine rings is 1. The van der Waals surface area contributed by atoms with E-state index in [2.05, 4.69) is 10.6 Å². The molecule has 2 N–H and O–H groups in total. The van der Waals surface area contributed by atoms with Crippen LogP contribution in [-0.2, 0) is 9.59 Å². The van der Waals surface area contributed by atoms with Gasteiger partial charge in [0, 0.05) is 44.6 Å². The van der Waals surface area contributed by atoms with Crippen molar-refractivity contribution >= 4 is 11.8 Å². The molecule has 2 saturated heterocycles. The Bertz CT molecular complexity index is 355. The van der Waals surface area contributed by atoms with Gasteiger partial charge < -0.3 is 15.5 Å². The van der Waals surface area contributed by atoms with Gasteiger partial charge in [-0.2, -0.15) is 0 Å². The molecular weight excluding hydrogens is 254 g/mol. The van der Waals surface area contributed by atoms with Crippen LogP contribution in [0.1, 0.15) is 33.1 Å². The first-order chi connectivity index (χ1) is 9.61. The number of hydrogen-bond acceptors (Lipinski definition) is 3. The molecule has 0 radical (unpaired) electrons. The van der Waals surface area contributed by atoms with Gasteiger partial charge in [-0.3, -0.25) is 9.59 Å². The number of carbonyl (C=O) groups excluding carboxylic acids is 2. The summed E-state index contributed by atoms with van der Waals surface area (Å²) in [6.07, 6.45) is 2.70. The Kier molecular flexibility index (Phi) is 5.40. The van der Waals surface area contributed by atoms with Gasteiger partial charge in [0.05, 0.1) is 5.92 Å². The first-order valence-corrected chi connectivity index (χ1v) is 7.89. The molecule has 0 aromatic rings. The first-order valence-electron chi connectivity index (χ1n) is 7.89. The van der Waals surface area contributed by atoms with Crippen molar-refractivity contribution in [3.05, 3.63) is 0 Å². The lowest BCUT2D eigenvalue weighted by Crippen LogP contribution is -2.51. The minimum Gasteiger partial charge on any atom is -0.355 e. The molecule has 2 fully saturated rings. The Balaban J connectivity index is 1.79. The van der Waals surface area contributed by atoms with Crippen molar-refractivity contribution in [2.45, 2.75) is 33.1 Å². The molecule has 0 bridgehead atoms. The number of hydrogen-bond donors (Lipinski definition) is 2. The van der Waals surface area contributed by atoms with Crippen LogP contribution >= 0.6 is 0 Å². The van der Waals surface area contributed by atoms with Gasteiger partial charge in [0.25, 0.3) is 0 Å². The summed E-state index contributed by atoms with van der Waals surface area (Å²) in [5.74, 6) is 0.954. The summed E-state index contributed by atoms with van der Waals surface area (Å²) in [6, 6.07) is 0. The first kappa shape index (κ1) is 15.3. The maximum atomic E-state index is 12.2. The highest BCUT2D eigenvalue weighted by Crippen LogP contribution is 2.19. The van der Waals surface area contributed by atoms with Gasteiger partial charge in [-0.15, -0.1) is 0 Å². The van der Waals surface area contributed by atoms with E-state index < -0.39 is 0 Å². The highest BCUT2D eigenvalue weighted by atomic mass is 16.2. The monoisotopic (exact) mass is 281 g/mol. The predicted octanol–water partition coefficient (Wildman–Crippen LogP) is 0.607. The molecular formula is C15H27N3O2. The van der Waals surface area contributed by atoms with Crippen LogP contribution in [-0.4, -0.2) is 49.4 Å². The Morgan fingerprint density at radius 2 is 2.15 bits per heavy atom. The number of nitrogens with one attached hydrogen (secondary N) is 2. The molecule has 0 spiro atoms. The highest BCUT2D eigenvalue weighted by Gasteiger charge is 2.30. The lowest BCUT2D eigenvalue weighted by molar-refractivity contribution is -0.139. The zero-order valence-electron chi connectivity index (χ0n) is 12.7. The van der Waals surface area contributed by atoms with E-state index in [4.69, 9.17) is 0 Å². The van der Waals surface area contributed by atoms with Crippen LogP contribution in [0.15, 0.2) is 0 Å². The predicted molar refractivity (Wildman–Crippen MR) is 78.1 cm³/mol. The van der Waals surface area contributed by atoms with E-state index in [9.17, 15) is 9.59 Å². The summed E-state index contributed by atoms with van der Waals surface area (Å²) < 4.78 is 0. The van der Waals surface area contributed by atoms with Crippen LogP contribution in [0, 0.1) is 17.8 Å². The molecule has 2 amide bonds. The van der Waals surface area contributed by atoms with Crippen LogP contribution in [0.3, 0.4) is 0 Å². The average molecular weight is 281 g/mol. The molecule has 114 valence electrons. The fourth-order valence-corrected chi connectivity index (χ4v) is 2.76. The number of nitrogens with zero attached hydrogens (tertiary/aromatic N) is 1. The highest BCUT2D eigenvalue weighted by molar-refractivity contribution is 5.82. The third-order valence-corrected chi connectivity index (χ3v) is 4.57. The zero-order valence-corrected chi connectivity index (χ0v) is 12.7. The molecule has 0 aromatic carbocycles. The standard InChI is InChI=1S/C15H27N3O2/c1-3-11(2)15(20)18-6-4-5-13(10-18)14(19)17-9-12-7-16-8-12/h11-13,16H,3-10H2,1-2H3,(H,17,19). The summed E-state index contributed by atoms with van der Waals surface area (Å²) in [6.45, 7) is 8.17. The quantitative estimate of drug-likeness (QED) is 0.776. The van der Waals surface area contributed by atoms with Crippen LogP contribution in [0.4, 0.5) is 0 Å². The lowest BCUT2D eigenvalue weighted by Gasteiger charge is -2.34. The molecule has 2 rings (SSSR count). The Morgan fingerprint density at radius 3 is 2.75 bits per heavy atom. The molecule has 20 heavy (non-hydrogen) atoms. The summed E-state index contributed by atoms with van der Waals surface area (Å²) in [5.41, 5.74) is 0. The maximum absolute atomic E-state index is 12.2. The van der Waals surface area contributed by atoms with Gasteiger partial charge in [-0.1, -0.05) is 13.8 Å². The van der Waals surface area contributed by atoms with Crippen molar-refractivity contribution in [2.24, 2.45) is 17.8 Å². The second-order valence-electron chi connectivity index (χ2n) is 6.20. The normalized spacial score (nSPS) is 24.9. The molecule has 5 heteroatoms. The molecule has 5 nitrogen and oxygen atoms in total. The molecule has 2 aliphatic heterocycles. The van der Waals surface area contributed by atoms with Crippen molar-refractivity contribution in [2.75, 3.05) is 32.7 Å². The van der Waals surface area contributed by atoms with Gasteiger partial charge in [-0.05, 0) is 19.3 Å². The van der Waals surface area contributed by atoms with Gasteiger partial charge in [-0.25, -0.2) is 0 Å². The van der Waals surface area contributed by atoms with E-state index in [1.165, 1.54) is 0 Å². The van der Waals surface area contributed by atoms with Crippen LogP contribution in [0.5, 0.6) is 0 Å². The van der Waals surface area contributed by atoms with Crippen LogP contribution < -0.4 is 10.6 Å². The molecule has 0 saturated carbocycles. The zero-order chi connectivity index (χ0) is 14.5. The van der Waals surface area contributed by atoms with Crippen molar-refractivity contribution in [3.8, 4) is 0 Å². The van der Waals surface area contributed by atoms with E-state index in [0.29, 0.717) is 12.5 Å². The molecule has 2 unspecified atom stereocenters. The molecule has 2 atom stereocenters. The summed E-state index contributed by atoms with van der Waals surface area (Å²) in [7, 11) is 0. The van der Waals surface area contributed by atoms with Crippen molar-refractivity contribution < 1.29 is 9.59 Å². The minimum absolute atomic E-state index is 0.0233. The van der Waals surface area contributed by atoms with E-state index >= 15 is 0 Å². The second kappa shape index (κ2) is 7.07. The van der Waals surface area contributed by atoms with Gasteiger partial charge in [0.1, 0.15) is 0 Å². The van der Waals surface area contributed by atoms with Crippen LogP contribution in [0.2, 0.25) is 0 Å². The molecule has 0 aliphatic carbocycles. The third kappa shape index (κ3) is 3.72. The number of likely N-dealkylation sites (tertiary alicyclic amines) is 1. The Labute approximate surface area is 121 Å². The SMILES string of the molecule is CCC(C)C(=O)N1CCCC(C(=O)NCC2CNC2)C1. The summed E-state index contributed by atoms with van der Waals surface area (Å²) >= 11 is 0. The lowest BCUT2D eigenvalue weighted by atomic mass is 9.95. The minimum atomic E-state index is -0.0233. The third-order valence-electron chi connectivity index (χ3n) is 4.57. The van der Waals surface area contributed by atoms with Gasteiger partial charge >= 0.3 is 0 Å². The average Bonchev–Trinajstić information content (AvgIpc) is 2.44. The Morgan fingerprint density at radius 1 is 1.40 bits per heavy atom. The van der Waals surface area contributed by atoms with E-state index in [1.807, 2.05) is 18.7 Å². The fraction of sp³-hybridized carbons (Fsp3) is 0.867. The number of carbonyl (C=O) groups is 2.